The Hall–Kier alpha value is 0.259. The first-order chi connectivity index (χ1) is 7.29. The third-order valence-corrected chi connectivity index (χ3v) is 11.0. The molecule has 0 aromatic heterocycles. The molecule has 0 spiro atoms. The summed E-state index contributed by atoms with van der Waals surface area (Å²) in [6.07, 6.45) is 4.08. The Morgan fingerprint density at radius 2 is 1.67 bits per heavy atom. The normalized spacial score (nSPS) is 11.7. The van der Waals surface area contributed by atoms with Crippen molar-refractivity contribution in [3.05, 3.63) is 35.9 Å². The van der Waals surface area contributed by atoms with Crippen LogP contribution in [0, 0.1) is 0 Å². The summed E-state index contributed by atoms with van der Waals surface area (Å²) in [4.78, 5) is 0. The molecule has 1 aromatic carbocycles. The maximum absolute atomic E-state index is 2.40. The monoisotopic (exact) mass is 336 g/mol. The van der Waals surface area contributed by atoms with Crippen molar-refractivity contribution in [3.8, 4) is 0 Å². The second-order valence-corrected chi connectivity index (χ2v) is 9.58. The molecule has 0 aliphatic rings. The van der Waals surface area contributed by atoms with Gasteiger partial charge in [0.2, 0.25) is 0 Å². The van der Waals surface area contributed by atoms with Crippen molar-refractivity contribution in [1.29, 1.82) is 0 Å². The van der Waals surface area contributed by atoms with E-state index < -0.39 is 0 Å². The number of benzene rings is 1. The van der Waals surface area contributed by atoms with E-state index in [4.69, 9.17) is 0 Å². The molecule has 0 saturated carbocycles. The minimum absolute atomic E-state index is 0.553. The molecule has 0 nitrogen and oxygen atoms in total. The first kappa shape index (κ1) is 13.3. The summed E-state index contributed by atoms with van der Waals surface area (Å²) in [5.74, 6) is 4.81. The van der Waals surface area contributed by atoms with Crippen LogP contribution in [0.2, 0.25) is 11.6 Å². The molecule has 0 atom stereocenters. The molecule has 0 aliphatic carbocycles. The van der Waals surface area contributed by atoms with E-state index in [2.05, 4.69) is 48.9 Å². The first-order valence-corrected chi connectivity index (χ1v) is 10.6. The SMILES string of the molecule is CCCCC([Se]C)([Se]C)c1ccccc1. The molecule has 0 saturated heterocycles. The van der Waals surface area contributed by atoms with E-state index in [-0.39, 0.29) is 0 Å². The molecule has 0 aliphatic heterocycles. The molecule has 0 fully saturated rings. The summed E-state index contributed by atoms with van der Waals surface area (Å²) in [7, 11) is 0. The zero-order chi connectivity index (χ0) is 11.1. The van der Waals surface area contributed by atoms with E-state index in [1.54, 1.807) is 5.56 Å². The number of rotatable bonds is 6. The van der Waals surface area contributed by atoms with Gasteiger partial charge in [0, 0.05) is 0 Å². The number of unbranched alkanes of at least 4 members (excludes halogenated alkanes) is 1. The fraction of sp³-hybridized carbons (Fsp3) is 0.538. The number of hydrogen-bond donors (Lipinski definition) is 0. The van der Waals surface area contributed by atoms with Gasteiger partial charge in [0.25, 0.3) is 0 Å². The van der Waals surface area contributed by atoms with Crippen LogP contribution in [0.1, 0.15) is 31.7 Å². The third-order valence-electron chi connectivity index (χ3n) is 2.73. The Balaban J connectivity index is 2.89. The van der Waals surface area contributed by atoms with Gasteiger partial charge in [0.05, 0.1) is 0 Å². The van der Waals surface area contributed by atoms with Gasteiger partial charge in [-0.2, -0.15) is 0 Å². The van der Waals surface area contributed by atoms with Gasteiger partial charge < -0.3 is 0 Å². The zero-order valence-electron chi connectivity index (χ0n) is 9.82. The van der Waals surface area contributed by atoms with Crippen LogP contribution < -0.4 is 0 Å². The molecule has 84 valence electrons. The molecule has 1 rings (SSSR count). The van der Waals surface area contributed by atoms with Crippen molar-refractivity contribution in [2.24, 2.45) is 0 Å². The molecule has 0 amide bonds. The molecular formula is C13H20Se2. The molecule has 0 N–H and O–H groups in total. The van der Waals surface area contributed by atoms with Crippen molar-refractivity contribution in [2.75, 3.05) is 0 Å². The average molecular weight is 334 g/mol. The molecule has 1 aromatic rings. The van der Waals surface area contributed by atoms with Crippen LogP contribution >= 0.6 is 0 Å². The predicted molar refractivity (Wildman–Crippen MR) is 70.9 cm³/mol. The van der Waals surface area contributed by atoms with Crippen molar-refractivity contribution in [3.63, 3.8) is 0 Å². The van der Waals surface area contributed by atoms with Crippen LogP contribution in [0.4, 0.5) is 0 Å². The van der Waals surface area contributed by atoms with E-state index in [1.165, 1.54) is 19.3 Å². The van der Waals surface area contributed by atoms with Crippen LogP contribution in [0.25, 0.3) is 0 Å². The van der Waals surface area contributed by atoms with Crippen LogP contribution in [0.15, 0.2) is 30.3 Å². The Morgan fingerprint density at radius 3 is 2.13 bits per heavy atom. The summed E-state index contributed by atoms with van der Waals surface area (Å²) < 4.78 is 0.553. The van der Waals surface area contributed by atoms with Crippen molar-refractivity contribution >= 4 is 29.9 Å². The third kappa shape index (κ3) is 3.36. The van der Waals surface area contributed by atoms with Gasteiger partial charge >= 0.3 is 107 Å². The Morgan fingerprint density at radius 1 is 1.07 bits per heavy atom. The zero-order valence-corrected chi connectivity index (χ0v) is 13.3. The van der Waals surface area contributed by atoms with Gasteiger partial charge in [-0.05, 0) is 0 Å². The molecule has 0 radical (unpaired) electrons. The standard InChI is InChI=1S/C13H20Se2/c1-4-5-11-13(14-2,15-3)12-9-7-6-8-10-12/h6-10H,4-5,11H2,1-3H3. The Labute approximate surface area is 107 Å². The molecule has 0 bridgehead atoms. The van der Waals surface area contributed by atoms with Crippen molar-refractivity contribution in [1.82, 2.24) is 0 Å². The number of hydrogen-bond acceptors (Lipinski definition) is 0. The summed E-state index contributed by atoms with van der Waals surface area (Å²) in [6.45, 7) is 2.29. The fourth-order valence-electron chi connectivity index (χ4n) is 1.77. The maximum atomic E-state index is 2.40. The fourth-order valence-corrected chi connectivity index (χ4v) is 6.96. The predicted octanol–water partition coefficient (Wildman–Crippen LogP) is 3.53. The van der Waals surface area contributed by atoms with Gasteiger partial charge in [-0.3, -0.25) is 0 Å². The second-order valence-electron chi connectivity index (χ2n) is 3.63. The van der Waals surface area contributed by atoms with Crippen molar-refractivity contribution in [2.45, 2.75) is 41.0 Å². The van der Waals surface area contributed by atoms with E-state index in [9.17, 15) is 0 Å². The minimum atomic E-state index is 0.553. The van der Waals surface area contributed by atoms with Gasteiger partial charge in [0.15, 0.2) is 0 Å². The van der Waals surface area contributed by atoms with Gasteiger partial charge in [-0.1, -0.05) is 0 Å². The summed E-state index contributed by atoms with van der Waals surface area (Å²) in [5, 5.41) is 0. The van der Waals surface area contributed by atoms with Crippen molar-refractivity contribution < 1.29 is 0 Å². The van der Waals surface area contributed by atoms with E-state index in [0.29, 0.717) is 3.21 Å². The molecule has 0 unspecified atom stereocenters. The van der Waals surface area contributed by atoms with Gasteiger partial charge in [0.1, 0.15) is 0 Å². The summed E-state index contributed by atoms with van der Waals surface area (Å²) >= 11 is 1.44. The van der Waals surface area contributed by atoms with Gasteiger partial charge in [-0.25, -0.2) is 0 Å². The Bertz CT molecular complexity index is 265. The van der Waals surface area contributed by atoms with E-state index in [0.717, 1.165) is 29.9 Å². The van der Waals surface area contributed by atoms with E-state index >= 15 is 0 Å². The van der Waals surface area contributed by atoms with Crippen LogP contribution in [-0.4, -0.2) is 29.9 Å². The summed E-state index contributed by atoms with van der Waals surface area (Å²) in [5.41, 5.74) is 1.59. The van der Waals surface area contributed by atoms with Crippen LogP contribution in [0.5, 0.6) is 0 Å². The first-order valence-electron chi connectivity index (χ1n) is 5.45. The van der Waals surface area contributed by atoms with Crippen LogP contribution in [-0.2, 0) is 3.21 Å². The second kappa shape index (κ2) is 6.76. The Kier molecular flexibility index (Phi) is 6.00. The molecule has 2 heteroatoms. The quantitative estimate of drug-likeness (QED) is 0.698. The molecule has 15 heavy (non-hydrogen) atoms. The van der Waals surface area contributed by atoms with E-state index in [1.807, 2.05) is 0 Å². The van der Waals surface area contributed by atoms with Gasteiger partial charge in [-0.15, -0.1) is 0 Å². The molecular weight excluding hydrogens is 314 g/mol. The average Bonchev–Trinajstić information content (AvgIpc) is 2.33. The van der Waals surface area contributed by atoms with Crippen LogP contribution in [0.3, 0.4) is 0 Å². The molecule has 0 heterocycles. The topological polar surface area (TPSA) is 0 Å². The summed E-state index contributed by atoms with van der Waals surface area (Å²) in [6, 6.07) is 11.2.